The molecular formula is C32H36N2O6. The minimum atomic E-state index is -0.848. The lowest BCUT2D eigenvalue weighted by Gasteiger charge is -2.28. The third kappa shape index (κ3) is 5.97. The van der Waals surface area contributed by atoms with E-state index in [4.69, 9.17) is 9.47 Å². The number of benzene rings is 3. The van der Waals surface area contributed by atoms with Gasteiger partial charge in [0.2, 0.25) is 0 Å². The molecule has 0 radical (unpaired) electrons. The number of hydrogen-bond acceptors (Lipinski definition) is 7. The van der Waals surface area contributed by atoms with Gasteiger partial charge in [-0.15, -0.1) is 0 Å². The number of aromatic hydroxyl groups is 1. The van der Waals surface area contributed by atoms with Crippen LogP contribution < -0.4 is 9.47 Å². The first kappa shape index (κ1) is 28.7. The van der Waals surface area contributed by atoms with Crippen molar-refractivity contribution in [1.29, 1.82) is 0 Å². The van der Waals surface area contributed by atoms with Gasteiger partial charge in [0.15, 0.2) is 11.5 Å². The molecule has 1 saturated heterocycles. The van der Waals surface area contributed by atoms with Crippen LogP contribution in [0.15, 0.2) is 72.3 Å². The van der Waals surface area contributed by atoms with Crippen molar-refractivity contribution in [2.24, 2.45) is 0 Å². The number of amides is 1. The molecule has 8 heteroatoms. The fourth-order valence-corrected chi connectivity index (χ4v) is 4.96. The first-order valence-electron chi connectivity index (χ1n) is 13.4. The van der Waals surface area contributed by atoms with Gasteiger partial charge < -0.3 is 29.5 Å². The van der Waals surface area contributed by atoms with Crippen molar-refractivity contribution in [1.82, 2.24) is 9.80 Å². The number of phenolic OH excluding ortho intramolecular Hbond substituents is 1. The van der Waals surface area contributed by atoms with Gasteiger partial charge in [-0.25, -0.2) is 0 Å². The predicted octanol–water partition coefficient (Wildman–Crippen LogP) is 5.05. The number of nitrogens with zero attached hydrogens (tertiary/aromatic N) is 2. The fourth-order valence-electron chi connectivity index (χ4n) is 4.96. The van der Waals surface area contributed by atoms with Crippen LogP contribution >= 0.6 is 0 Å². The van der Waals surface area contributed by atoms with Crippen LogP contribution in [-0.4, -0.2) is 65.0 Å². The minimum Gasteiger partial charge on any atom is -0.507 e. The zero-order valence-electron chi connectivity index (χ0n) is 23.4. The predicted molar refractivity (Wildman–Crippen MR) is 153 cm³/mol. The van der Waals surface area contributed by atoms with Crippen LogP contribution in [0.1, 0.15) is 42.1 Å². The molecule has 1 atom stereocenters. The maximum absolute atomic E-state index is 13.4. The Hall–Kier alpha value is -4.30. The molecule has 0 aliphatic carbocycles. The second kappa shape index (κ2) is 12.7. The molecule has 1 aliphatic heterocycles. The van der Waals surface area contributed by atoms with Gasteiger partial charge >= 0.3 is 0 Å². The van der Waals surface area contributed by atoms with E-state index in [1.165, 1.54) is 18.1 Å². The first-order chi connectivity index (χ1) is 19.3. The van der Waals surface area contributed by atoms with E-state index in [0.717, 1.165) is 24.2 Å². The summed E-state index contributed by atoms with van der Waals surface area (Å²) < 4.78 is 11.3. The average Bonchev–Trinajstić information content (AvgIpc) is 3.22. The van der Waals surface area contributed by atoms with E-state index >= 15 is 0 Å². The number of phenols is 1. The number of aliphatic hydroxyl groups is 1. The van der Waals surface area contributed by atoms with Crippen LogP contribution in [-0.2, 0) is 16.2 Å². The van der Waals surface area contributed by atoms with Crippen LogP contribution in [0.3, 0.4) is 0 Å². The van der Waals surface area contributed by atoms with Crippen LogP contribution in [0.4, 0.5) is 0 Å². The van der Waals surface area contributed by atoms with Gasteiger partial charge in [0.25, 0.3) is 11.7 Å². The lowest BCUT2D eigenvalue weighted by molar-refractivity contribution is -0.140. The monoisotopic (exact) mass is 544 g/mol. The number of likely N-dealkylation sites (tertiary alicyclic amines) is 1. The summed E-state index contributed by atoms with van der Waals surface area (Å²) >= 11 is 0. The molecule has 2 N–H and O–H groups in total. The highest BCUT2D eigenvalue weighted by Gasteiger charge is 2.46. The van der Waals surface area contributed by atoms with Crippen LogP contribution in [0, 0.1) is 6.92 Å². The Balaban J connectivity index is 1.72. The van der Waals surface area contributed by atoms with E-state index in [-0.39, 0.29) is 22.8 Å². The van der Waals surface area contributed by atoms with E-state index in [1.807, 2.05) is 51.1 Å². The number of methoxy groups -OCH3 is 1. The molecule has 4 rings (SSSR count). The summed E-state index contributed by atoms with van der Waals surface area (Å²) in [5.41, 5.74) is 2.76. The molecule has 0 aromatic heterocycles. The topological polar surface area (TPSA) is 99.5 Å². The molecule has 0 saturated carbocycles. The second-order valence-electron chi connectivity index (χ2n) is 9.71. The number of ether oxygens (including phenoxy) is 2. The van der Waals surface area contributed by atoms with Crippen molar-refractivity contribution in [3.63, 3.8) is 0 Å². The Labute approximate surface area is 235 Å². The van der Waals surface area contributed by atoms with Gasteiger partial charge in [-0.3, -0.25) is 9.59 Å². The zero-order valence-corrected chi connectivity index (χ0v) is 23.4. The highest BCUT2D eigenvalue weighted by Crippen LogP contribution is 2.42. The molecule has 210 valence electrons. The second-order valence-corrected chi connectivity index (χ2v) is 9.71. The minimum absolute atomic E-state index is 0.00496. The first-order valence-corrected chi connectivity index (χ1v) is 13.4. The van der Waals surface area contributed by atoms with E-state index < -0.39 is 17.7 Å². The molecule has 3 aromatic rings. The lowest BCUT2D eigenvalue weighted by Crippen LogP contribution is -2.38. The van der Waals surface area contributed by atoms with Gasteiger partial charge in [0, 0.05) is 18.7 Å². The number of hydrogen-bond donors (Lipinski definition) is 2. The average molecular weight is 545 g/mol. The SMILES string of the molecule is CCN(CC)CCN1C(=O)C(=O)/C(=C(/O)c2ccc(OCc3ccccc3)c(C)c2)[C@@H]1c1ccc(O)c(OC)c1. The molecule has 0 bridgehead atoms. The summed E-state index contributed by atoms with van der Waals surface area (Å²) in [4.78, 5) is 30.3. The Morgan fingerprint density at radius 1 is 0.975 bits per heavy atom. The number of carbonyl (C=O) groups is 2. The van der Waals surface area contributed by atoms with Crippen molar-refractivity contribution >= 4 is 17.4 Å². The summed E-state index contributed by atoms with van der Waals surface area (Å²) in [6.07, 6.45) is 0. The van der Waals surface area contributed by atoms with E-state index in [2.05, 4.69) is 4.90 Å². The summed E-state index contributed by atoms with van der Waals surface area (Å²) in [6.45, 7) is 8.80. The highest BCUT2D eigenvalue weighted by atomic mass is 16.5. The molecule has 1 fully saturated rings. The number of ketones is 1. The van der Waals surface area contributed by atoms with Gasteiger partial charge in [0.05, 0.1) is 18.7 Å². The van der Waals surface area contributed by atoms with Crippen molar-refractivity contribution in [3.8, 4) is 17.2 Å². The molecule has 1 amide bonds. The van der Waals surface area contributed by atoms with Gasteiger partial charge in [-0.05, 0) is 67.0 Å². The Morgan fingerprint density at radius 3 is 2.35 bits per heavy atom. The van der Waals surface area contributed by atoms with Crippen LogP contribution in [0.5, 0.6) is 17.2 Å². The maximum Gasteiger partial charge on any atom is 0.295 e. The highest BCUT2D eigenvalue weighted by molar-refractivity contribution is 6.46. The molecule has 0 unspecified atom stereocenters. The molecule has 8 nitrogen and oxygen atoms in total. The van der Waals surface area contributed by atoms with E-state index in [0.29, 0.717) is 36.6 Å². The van der Waals surface area contributed by atoms with Crippen molar-refractivity contribution in [2.45, 2.75) is 33.4 Å². The molecule has 1 aliphatic rings. The quantitative estimate of drug-likeness (QED) is 0.198. The fraction of sp³-hybridized carbons (Fsp3) is 0.312. The summed E-state index contributed by atoms with van der Waals surface area (Å²) in [5.74, 6) is -0.893. The summed E-state index contributed by atoms with van der Waals surface area (Å²) in [6, 6.07) is 18.8. The lowest BCUT2D eigenvalue weighted by atomic mass is 9.94. The van der Waals surface area contributed by atoms with Crippen molar-refractivity contribution in [2.75, 3.05) is 33.3 Å². The smallest absolute Gasteiger partial charge is 0.295 e. The largest absolute Gasteiger partial charge is 0.507 e. The third-order valence-corrected chi connectivity index (χ3v) is 7.30. The van der Waals surface area contributed by atoms with Crippen molar-refractivity contribution in [3.05, 3.63) is 94.6 Å². The number of likely N-dealkylation sites (N-methyl/N-ethyl adjacent to an activating group) is 1. The number of rotatable bonds is 11. The van der Waals surface area contributed by atoms with E-state index in [9.17, 15) is 19.8 Å². The number of aliphatic hydroxyl groups excluding tert-OH is 1. The molecule has 1 heterocycles. The summed E-state index contributed by atoms with van der Waals surface area (Å²) in [5, 5.41) is 21.6. The van der Waals surface area contributed by atoms with Gasteiger partial charge in [-0.1, -0.05) is 50.2 Å². The standard InChI is InChI=1S/C32H36N2O6/c1-5-33(6-2)16-17-34-29(23-12-14-25(35)27(19-23)39-4)28(31(37)32(34)38)30(36)24-13-15-26(21(3)18-24)40-20-22-10-8-7-9-11-22/h7-15,18-19,29,35-36H,5-6,16-17,20H2,1-4H3/b30-28+/t29-/m0/s1. The Kier molecular flexibility index (Phi) is 9.11. The van der Waals surface area contributed by atoms with E-state index in [1.54, 1.807) is 30.3 Å². The Bertz CT molecular complexity index is 1400. The molecule has 40 heavy (non-hydrogen) atoms. The third-order valence-electron chi connectivity index (χ3n) is 7.30. The number of carbonyl (C=O) groups excluding carboxylic acids is 2. The normalized spacial score (nSPS) is 16.5. The van der Waals surface area contributed by atoms with Crippen LogP contribution in [0.2, 0.25) is 0 Å². The molecule has 0 spiro atoms. The molecule has 3 aromatic carbocycles. The maximum atomic E-state index is 13.4. The van der Waals surface area contributed by atoms with Crippen LogP contribution in [0.25, 0.3) is 5.76 Å². The summed E-state index contributed by atoms with van der Waals surface area (Å²) in [7, 11) is 1.43. The van der Waals surface area contributed by atoms with Crippen molar-refractivity contribution < 1.29 is 29.3 Å². The molecular weight excluding hydrogens is 508 g/mol. The van der Waals surface area contributed by atoms with Gasteiger partial charge in [0.1, 0.15) is 18.1 Å². The number of Topliss-reactive ketones (excluding diaryl/α,β-unsaturated/α-hetero) is 1. The zero-order chi connectivity index (χ0) is 28.8. The number of aryl methyl sites for hydroxylation is 1. The van der Waals surface area contributed by atoms with Gasteiger partial charge in [-0.2, -0.15) is 0 Å². The Morgan fingerprint density at radius 2 is 1.70 bits per heavy atom.